The molecule has 3 N–H and O–H groups in total. The van der Waals surface area contributed by atoms with Crippen molar-refractivity contribution in [1.29, 1.82) is 0 Å². The molecule has 0 saturated carbocycles. The molecule has 7 heteroatoms. The highest BCUT2D eigenvalue weighted by atomic mass is 16.2. The molecule has 0 bridgehead atoms. The summed E-state index contributed by atoms with van der Waals surface area (Å²) in [7, 11) is 0. The van der Waals surface area contributed by atoms with Crippen molar-refractivity contribution >= 4 is 28.6 Å². The van der Waals surface area contributed by atoms with Gasteiger partial charge in [-0.05, 0) is 35.2 Å². The molecule has 0 radical (unpaired) electrons. The quantitative estimate of drug-likeness (QED) is 0.355. The number of carbonyl (C=O) groups is 3. The van der Waals surface area contributed by atoms with E-state index in [9.17, 15) is 14.4 Å². The Labute approximate surface area is 221 Å². The zero-order valence-electron chi connectivity index (χ0n) is 21.2. The van der Waals surface area contributed by atoms with Gasteiger partial charge in [0.05, 0.1) is 6.04 Å². The third-order valence-corrected chi connectivity index (χ3v) is 7.62. The van der Waals surface area contributed by atoms with Gasteiger partial charge in [-0.3, -0.25) is 14.4 Å². The first-order valence-electron chi connectivity index (χ1n) is 13.2. The van der Waals surface area contributed by atoms with Crippen molar-refractivity contribution in [2.45, 2.75) is 44.3 Å². The van der Waals surface area contributed by atoms with Gasteiger partial charge in [-0.1, -0.05) is 73.7 Å². The number of aromatic nitrogens is 1. The summed E-state index contributed by atoms with van der Waals surface area (Å²) in [5.41, 5.74) is 5.44. The maximum atomic E-state index is 14.0. The number of rotatable bonds is 7. The number of amides is 3. The first kappa shape index (κ1) is 24.0. The number of fused-ring (bicyclic) bond motifs is 7. The molecule has 1 aromatic heterocycles. The van der Waals surface area contributed by atoms with E-state index in [0.29, 0.717) is 24.9 Å². The van der Waals surface area contributed by atoms with Crippen molar-refractivity contribution in [1.82, 2.24) is 20.5 Å². The molecule has 38 heavy (non-hydrogen) atoms. The second-order valence-corrected chi connectivity index (χ2v) is 10.0. The highest BCUT2D eigenvalue weighted by molar-refractivity contribution is 6.04. The zero-order valence-corrected chi connectivity index (χ0v) is 21.2. The summed E-state index contributed by atoms with van der Waals surface area (Å²) < 4.78 is 0. The Morgan fingerprint density at radius 2 is 1.74 bits per heavy atom. The monoisotopic (exact) mass is 506 g/mol. The summed E-state index contributed by atoms with van der Waals surface area (Å²) in [5.74, 6) is -0.704. The van der Waals surface area contributed by atoms with Crippen LogP contribution in [0.15, 0.2) is 78.9 Å². The smallest absolute Gasteiger partial charge is 0.255 e. The third kappa shape index (κ3) is 4.04. The molecule has 4 aromatic rings. The molecule has 7 nitrogen and oxygen atoms in total. The molecule has 3 amide bonds. The lowest BCUT2D eigenvalue weighted by Crippen LogP contribution is -2.57. The Kier molecular flexibility index (Phi) is 6.19. The Hall–Kier alpha value is -4.39. The van der Waals surface area contributed by atoms with Gasteiger partial charge in [0.25, 0.3) is 5.91 Å². The Bertz CT molecular complexity index is 1530. The normalized spacial score (nSPS) is 18.4. The number of hydrogen-bond acceptors (Lipinski definition) is 3. The molecule has 0 unspecified atom stereocenters. The van der Waals surface area contributed by atoms with Crippen LogP contribution in [0.2, 0.25) is 0 Å². The van der Waals surface area contributed by atoms with Crippen LogP contribution in [0.5, 0.6) is 0 Å². The molecule has 192 valence electrons. The predicted octanol–water partition coefficient (Wildman–Crippen LogP) is 3.89. The van der Waals surface area contributed by atoms with Gasteiger partial charge < -0.3 is 20.5 Å². The summed E-state index contributed by atoms with van der Waals surface area (Å²) in [6.45, 7) is 2.52. The molecule has 0 fully saturated rings. The van der Waals surface area contributed by atoms with E-state index >= 15 is 0 Å². The summed E-state index contributed by atoms with van der Waals surface area (Å²) in [6.07, 6.45) is 1.53. The molecule has 6 rings (SSSR count). The van der Waals surface area contributed by atoms with Gasteiger partial charge in [0, 0.05) is 41.5 Å². The van der Waals surface area contributed by atoms with Gasteiger partial charge in [-0.25, -0.2) is 0 Å². The van der Waals surface area contributed by atoms with Crippen LogP contribution < -0.4 is 10.6 Å². The van der Waals surface area contributed by atoms with Gasteiger partial charge in [0.1, 0.15) is 12.1 Å². The van der Waals surface area contributed by atoms with Crippen molar-refractivity contribution in [3.63, 3.8) is 0 Å². The highest BCUT2D eigenvalue weighted by Gasteiger charge is 2.49. The lowest BCUT2D eigenvalue weighted by Gasteiger charge is -2.37. The van der Waals surface area contributed by atoms with Crippen LogP contribution in [0, 0.1) is 0 Å². The van der Waals surface area contributed by atoms with Gasteiger partial charge in [0.15, 0.2) is 0 Å². The van der Waals surface area contributed by atoms with Gasteiger partial charge in [-0.15, -0.1) is 0 Å². The Morgan fingerprint density at radius 1 is 1.00 bits per heavy atom. The number of aromatic amines is 1. The molecule has 0 aliphatic carbocycles. The number of hydrogen-bond donors (Lipinski definition) is 3. The van der Waals surface area contributed by atoms with Crippen LogP contribution in [0.1, 0.15) is 52.1 Å². The van der Waals surface area contributed by atoms with Gasteiger partial charge >= 0.3 is 0 Å². The zero-order chi connectivity index (χ0) is 26.2. The van der Waals surface area contributed by atoms with Crippen molar-refractivity contribution in [3.8, 4) is 0 Å². The number of benzene rings is 3. The second kappa shape index (κ2) is 9.82. The average Bonchev–Trinajstić information content (AvgIpc) is 3.47. The Balaban J connectivity index is 1.37. The third-order valence-electron chi connectivity index (χ3n) is 7.62. The minimum atomic E-state index is -0.751. The van der Waals surface area contributed by atoms with E-state index in [1.165, 1.54) is 0 Å². The van der Waals surface area contributed by atoms with Crippen LogP contribution >= 0.6 is 0 Å². The fourth-order valence-electron chi connectivity index (χ4n) is 5.84. The molecular formula is C31H30N4O3. The SMILES string of the molecule is CCCNC(=O)[C@H](Cc1ccccc1)NC(=O)[C@H]1Cc2c([nH]c3ccccc23)[C@@H]2c3ccccc3C(=O)N21. The van der Waals surface area contributed by atoms with Crippen LogP contribution in [-0.4, -0.2) is 46.2 Å². The van der Waals surface area contributed by atoms with E-state index in [4.69, 9.17) is 0 Å². The lowest BCUT2D eigenvalue weighted by atomic mass is 9.89. The maximum Gasteiger partial charge on any atom is 0.255 e. The summed E-state index contributed by atoms with van der Waals surface area (Å²) in [6, 6.07) is 23.4. The van der Waals surface area contributed by atoms with E-state index < -0.39 is 12.1 Å². The molecule has 0 spiro atoms. The van der Waals surface area contributed by atoms with Gasteiger partial charge in [-0.2, -0.15) is 0 Å². The number of H-pyrrole nitrogens is 1. The van der Waals surface area contributed by atoms with Crippen molar-refractivity contribution in [2.75, 3.05) is 6.54 Å². The molecule has 3 heterocycles. The van der Waals surface area contributed by atoms with Crippen LogP contribution in [0.25, 0.3) is 10.9 Å². The van der Waals surface area contributed by atoms with Gasteiger partial charge in [0.2, 0.25) is 11.8 Å². The topological polar surface area (TPSA) is 94.3 Å². The number of para-hydroxylation sites is 1. The molecule has 2 aliphatic rings. The molecular weight excluding hydrogens is 476 g/mol. The van der Waals surface area contributed by atoms with Crippen molar-refractivity contribution in [2.24, 2.45) is 0 Å². The fourth-order valence-corrected chi connectivity index (χ4v) is 5.84. The number of nitrogens with one attached hydrogen (secondary N) is 3. The minimum Gasteiger partial charge on any atom is -0.356 e. The maximum absolute atomic E-state index is 14.0. The highest BCUT2D eigenvalue weighted by Crippen LogP contribution is 2.46. The van der Waals surface area contributed by atoms with E-state index in [1.54, 1.807) is 4.90 Å². The molecule has 3 atom stereocenters. The average molecular weight is 507 g/mol. The van der Waals surface area contributed by atoms with Crippen molar-refractivity contribution in [3.05, 3.63) is 107 Å². The Morgan fingerprint density at radius 3 is 2.55 bits per heavy atom. The van der Waals surface area contributed by atoms with E-state index in [-0.39, 0.29) is 23.8 Å². The molecule has 2 aliphatic heterocycles. The molecule has 0 saturated heterocycles. The van der Waals surface area contributed by atoms with Crippen LogP contribution in [0.3, 0.4) is 0 Å². The largest absolute Gasteiger partial charge is 0.356 e. The molecule has 3 aromatic carbocycles. The number of carbonyl (C=O) groups excluding carboxylic acids is 3. The first-order valence-corrected chi connectivity index (χ1v) is 13.2. The van der Waals surface area contributed by atoms with Crippen LogP contribution in [0.4, 0.5) is 0 Å². The summed E-state index contributed by atoms with van der Waals surface area (Å²) >= 11 is 0. The van der Waals surface area contributed by atoms with E-state index in [2.05, 4.69) is 15.6 Å². The van der Waals surface area contributed by atoms with E-state index in [1.807, 2.05) is 85.8 Å². The predicted molar refractivity (Wildman–Crippen MR) is 146 cm³/mol. The summed E-state index contributed by atoms with van der Waals surface area (Å²) in [4.78, 5) is 46.0. The van der Waals surface area contributed by atoms with E-state index in [0.717, 1.165) is 39.7 Å². The second-order valence-electron chi connectivity index (χ2n) is 10.0. The summed E-state index contributed by atoms with van der Waals surface area (Å²) in [5, 5.41) is 7.00. The first-order chi connectivity index (χ1) is 18.6. The number of nitrogens with zero attached hydrogens (tertiary/aromatic N) is 1. The van der Waals surface area contributed by atoms with Crippen LogP contribution in [-0.2, 0) is 22.4 Å². The minimum absolute atomic E-state index is 0.162. The van der Waals surface area contributed by atoms with Crippen molar-refractivity contribution < 1.29 is 14.4 Å². The lowest BCUT2D eigenvalue weighted by molar-refractivity contribution is -0.132. The fraction of sp³-hybridized carbons (Fsp3) is 0.258. The standard InChI is InChI=1S/C31H30N4O3/c1-2-16-32-29(36)25(17-19-10-4-3-5-11-19)34-30(37)26-18-23-20-12-8-9-15-24(20)33-27(23)28-21-13-6-7-14-22(21)31(38)35(26)28/h3-15,25-26,28,33H,2,16-18H2,1H3,(H,32,36)(H,34,37)/t25-,26+,28-/m0/s1.